The molecule has 3 heteroatoms. The van der Waals surface area contributed by atoms with Crippen molar-refractivity contribution in [2.24, 2.45) is 0 Å². The Labute approximate surface area is 86.5 Å². The summed E-state index contributed by atoms with van der Waals surface area (Å²) in [6, 6.07) is 9.10. The van der Waals surface area contributed by atoms with Crippen LogP contribution >= 0.6 is 8.81 Å². The lowest BCUT2D eigenvalue weighted by molar-refractivity contribution is 0.0760. The van der Waals surface area contributed by atoms with E-state index in [1.807, 2.05) is 18.2 Å². The van der Waals surface area contributed by atoms with Crippen LogP contribution in [0.25, 0.3) is 0 Å². The zero-order valence-electron chi connectivity index (χ0n) is 8.32. The zero-order valence-corrected chi connectivity index (χ0v) is 9.32. The summed E-state index contributed by atoms with van der Waals surface area (Å²) in [5.74, 6) is -0.208. The molecule has 0 radical (unpaired) electrons. The summed E-state index contributed by atoms with van der Waals surface area (Å²) >= 11 is 0. The Morgan fingerprint density at radius 3 is 2.71 bits per heavy atom. The van der Waals surface area contributed by atoms with Gasteiger partial charge in [0.1, 0.15) is 0 Å². The summed E-state index contributed by atoms with van der Waals surface area (Å²) in [4.78, 5) is 11.4. The Balaban J connectivity index is 2.29. The van der Waals surface area contributed by atoms with Crippen molar-refractivity contribution in [2.45, 2.75) is 19.8 Å². The number of hydrogen-bond acceptors (Lipinski definition) is 2. The normalized spacial score (nSPS) is 10.6. The molecule has 0 amide bonds. The van der Waals surface area contributed by atoms with E-state index in [-0.39, 0.29) is 5.97 Å². The van der Waals surface area contributed by atoms with E-state index in [0.29, 0.717) is 14.4 Å². The maximum absolute atomic E-state index is 11.4. The van der Waals surface area contributed by atoms with E-state index in [1.54, 1.807) is 12.1 Å². The second-order valence-electron chi connectivity index (χ2n) is 3.00. The van der Waals surface area contributed by atoms with E-state index < -0.39 is 0 Å². The van der Waals surface area contributed by atoms with Gasteiger partial charge in [-0.1, -0.05) is 31.5 Å². The van der Waals surface area contributed by atoms with Crippen molar-refractivity contribution in [3.8, 4) is 0 Å². The Morgan fingerprint density at radius 2 is 2.07 bits per heavy atom. The minimum absolute atomic E-state index is 0.208. The summed E-state index contributed by atoms with van der Waals surface area (Å²) in [5, 5.41) is 0. The number of carbonyl (C=O) groups excluding carboxylic acids is 1. The predicted octanol–water partition coefficient (Wildman–Crippen LogP) is 3.24. The van der Waals surface area contributed by atoms with Gasteiger partial charge in [0.25, 0.3) is 0 Å². The fourth-order valence-electron chi connectivity index (χ4n) is 0.999. The van der Waals surface area contributed by atoms with E-state index >= 15 is 0 Å². The quantitative estimate of drug-likeness (QED) is 0.551. The molecule has 14 heavy (non-hydrogen) atoms. The highest BCUT2D eigenvalue weighted by Crippen LogP contribution is 2.17. The highest BCUT2D eigenvalue weighted by atomic mass is 31.1. The van der Waals surface area contributed by atoms with Crippen molar-refractivity contribution in [3.63, 3.8) is 0 Å². The van der Waals surface area contributed by atoms with Crippen molar-refractivity contribution >= 4 is 14.8 Å². The van der Waals surface area contributed by atoms with Crippen LogP contribution in [0.15, 0.2) is 30.3 Å². The minimum Gasteiger partial charge on any atom is -0.445 e. The summed E-state index contributed by atoms with van der Waals surface area (Å²) in [7, 11) is 0.295. The molecule has 1 unspecified atom stereocenters. The van der Waals surface area contributed by atoms with Gasteiger partial charge in [-0.25, -0.2) is 4.79 Å². The lowest BCUT2D eigenvalue weighted by Gasteiger charge is -2.02. The Kier molecular flexibility index (Phi) is 5.24. The molecule has 1 atom stereocenters. The third-order valence-corrected chi connectivity index (χ3v) is 2.69. The Hall–Kier alpha value is -0.880. The van der Waals surface area contributed by atoms with Crippen LogP contribution in [0.2, 0.25) is 0 Å². The molecule has 1 rings (SSSR count). The number of unbranched alkanes of at least 4 members (excludes halogenated alkanes) is 1. The first-order chi connectivity index (χ1) is 6.84. The molecule has 0 saturated carbocycles. The van der Waals surface area contributed by atoms with Crippen molar-refractivity contribution in [1.29, 1.82) is 0 Å². The van der Waals surface area contributed by atoms with Gasteiger partial charge < -0.3 is 4.52 Å². The fraction of sp³-hybridized carbons (Fsp3) is 0.364. The summed E-state index contributed by atoms with van der Waals surface area (Å²) < 4.78 is 5.12. The Bertz CT molecular complexity index is 272. The van der Waals surface area contributed by atoms with Crippen molar-refractivity contribution < 1.29 is 9.32 Å². The van der Waals surface area contributed by atoms with Gasteiger partial charge >= 0.3 is 5.97 Å². The van der Waals surface area contributed by atoms with Crippen LogP contribution in [0.4, 0.5) is 0 Å². The van der Waals surface area contributed by atoms with E-state index in [0.717, 1.165) is 19.0 Å². The first kappa shape index (κ1) is 11.2. The maximum Gasteiger partial charge on any atom is 0.340 e. The van der Waals surface area contributed by atoms with Gasteiger partial charge in [0, 0.05) is 6.16 Å². The lowest BCUT2D eigenvalue weighted by Crippen LogP contribution is -1.98. The van der Waals surface area contributed by atoms with E-state index in [2.05, 4.69) is 6.92 Å². The molecule has 0 saturated heterocycles. The van der Waals surface area contributed by atoms with Crippen molar-refractivity contribution in [3.05, 3.63) is 35.9 Å². The van der Waals surface area contributed by atoms with Gasteiger partial charge in [-0.3, -0.25) is 0 Å². The van der Waals surface area contributed by atoms with Crippen molar-refractivity contribution in [2.75, 3.05) is 6.16 Å². The molecule has 1 aromatic rings. The molecule has 0 fully saturated rings. The molecule has 0 aliphatic carbocycles. The van der Waals surface area contributed by atoms with E-state index in [1.165, 1.54) is 0 Å². The molecule has 0 N–H and O–H groups in total. The molecule has 0 heterocycles. The van der Waals surface area contributed by atoms with Gasteiger partial charge in [-0.15, -0.1) is 0 Å². The zero-order chi connectivity index (χ0) is 10.2. The summed E-state index contributed by atoms with van der Waals surface area (Å²) in [5.41, 5.74) is 0.636. The van der Waals surface area contributed by atoms with E-state index in [4.69, 9.17) is 4.52 Å². The number of benzene rings is 1. The SMILES string of the molecule is CCCCPOC(=O)c1ccccc1. The van der Waals surface area contributed by atoms with E-state index in [9.17, 15) is 4.79 Å². The van der Waals surface area contributed by atoms with Crippen LogP contribution in [0.3, 0.4) is 0 Å². The molecule has 2 nitrogen and oxygen atoms in total. The molecule has 1 aromatic carbocycles. The summed E-state index contributed by atoms with van der Waals surface area (Å²) in [6.07, 6.45) is 3.26. The maximum atomic E-state index is 11.4. The second kappa shape index (κ2) is 6.56. The molecule has 0 bridgehead atoms. The van der Waals surface area contributed by atoms with Crippen LogP contribution < -0.4 is 0 Å². The van der Waals surface area contributed by atoms with Crippen LogP contribution in [0.5, 0.6) is 0 Å². The average Bonchev–Trinajstić information content (AvgIpc) is 2.25. The van der Waals surface area contributed by atoms with Crippen LogP contribution in [0.1, 0.15) is 30.1 Å². The standard InChI is InChI=1S/C11H15O2P/c1-2-3-9-14-13-11(12)10-7-5-4-6-8-10/h4-8,14H,2-3,9H2,1H3. The predicted molar refractivity (Wildman–Crippen MR) is 59.9 cm³/mol. The van der Waals surface area contributed by atoms with Gasteiger partial charge in [0.2, 0.25) is 0 Å². The van der Waals surface area contributed by atoms with Crippen LogP contribution in [0, 0.1) is 0 Å². The molecular weight excluding hydrogens is 195 g/mol. The van der Waals surface area contributed by atoms with Gasteiger partial charge in [-0.2, -0.15) is 0 Å². The molecule has 0 aliphatic heterocycles. The number of hydrogen-bond donors (Lipinski definition) is 0. The highest BCUT2D eigenvalue weighted by Gasteiger charge is 2.04. The highest BCUT2D eigenvalue weighted by molar-refractivity contribution is 7.32. The topological polar surface area (TPSA) is 26.3 Å². The van der Waals surface area contributed by atoms with Gasteiger partial charge in [-0.05, 0) is 18.6 Å². The molecule has 0 aliphatic rings. The number of carbonyl (C=O) groups is 1. The van der Waals surface area contributed by atoms with Gasteiger partial charge in [0.15, 0.2) is 0 Å². The monoisotopic (exact) mass is 210 g/mol. The minimum atomic E-state index is -0.208. The average molecular weight is 210 g/mol. The first-order valence-electron chi connectivity index (χ1n) is 4.83. The number of rotatable bonds is 5. The second-order valence-corrected chi connectivity index (χ2v) is 4.00. The lowest BCUT2D eigenvalue weighted by atomic mass is 10.2. The fourth-order valence-corrected chi connectivity index (χ4v) is 1.85. The summed E-state index contributed by atoms with van der Waals surface area (Å²) in [6.45, 7) is 2.13. The Morgan fingerprint density at radius 1 is 1.36 bits per heavy atom. The first-order valence-corrected chi connectivity index (χ1v) is 5.95. The smallest absolute Gasteiger partial charge is 0.340 e. The van der Waals surface area contributed by atoms with Crippen LogP contribution in [-0.4, -0.2) is 12.1 Å². The molecule has 0 aromatic heterocycles. The molecule has 0 spiro atoms. The van der Waals surface area contributed by atoms with Gasteiger partial charge in [0.05, 0.1) is 14.4 Å². The largest absolute Gasteiger partial charge is 0.445 e. The molecular formula is C11H15O2P. The third kappa shape index (κ3) is 3.89. The molecule has 76 valence electrons. The van der Waals surface area contributed by atoms with Crippen molar-refractivity contribution in [1.82, 2.24) is 0 Å². The third-order valence-electron chi connectivity index (χ3n) is 1.81. The van der Waals surface area contributed by atoms with Crippen LogP contribution in [-0.2, 0) is 4.52 Å².